The second-order valence-corrected chi connectivity index (χ2v) is 3.39. The van der Waals surface area contributed by atoms with E-state index in [1.807, 2.05) is 0 Å². The third kappa shape index (κ3) is 1.89. The quantitative estimate of drug-likeness (QED) is 0.704. The van der Waals surface area contributed by atoms with Crippen LogP contribution < -0.4 is 5.73 Å². The number of hydrogen-bond donors (Lipinski definition) is 1. The molecule has 1 nitrogen and oxygen atoms in total. The molecule has 0 aliphatic rings. The van der Waals surface area contributed by atoms with Crippen LogP contribution in [0.15, 0.2) is 12.1 Å². The van der Waals surface area contributed by atoms with Gasteiger partial charge < -0.3 is 5.73 Å². The summed E-state index contributed by atoms with van der Waals surface area (Å²) in [6.07, 6.45) is 0. The fourth-order valence-corrected chi connectivity index (χ4v) is 1.44. The Morgan fingerprint density at radius 3 is 2.42 bits per heavy atom. The second-order valence-electron chi connectivity index (χ2n) is 2.58. The summed E-state index contributed by atoms with van der Waals surface area (Å²) in [7, 11) is 0. The average molecular weight is 208 g/mol. The zero-order chi connectivity index (χ0) is 9.30. The topological polar surface area (TPSA) is 26.0 Å². The molecule has 0 aliphatic carbocycles. The van der Waals surface area contributed by atoms with Gasteiger partial charge in [-0.2, -0.15) is 0 Å². The van der Waals surface area contributed by atoms with Crippen LogP contribution in [0.3, 0.4) is 0 Å². The van der Waals surface area contributed by atoms with Crippen LogP contribution in [0.2, 0.25) is 10.0 Å². The monoisotopic (exact) mass is 207 g/mol. The van der Waals surface area contributed by atoms with Crippen molar-refractivity contribution in [2.75, 3.05) is 0 Å². The zero-order valence-electron chi connectivity index (χ0n) is 6.44. The minimum atomic E-state index is -0.492. The molecule has 0 aromatic heterocycles. The van der Waals surface area contributed by atoms with E-state index in [1.54, 1.807) is 6.92 Å². The number of hydrogen-bond acceptors (Lipinski definition) is 1. The van der Waals surface area contributed by atoms with Gasteiger partial charge in [-0.15, -0.1) is 0 Å². The lowest BCUT2D eigenvalue weighted by molar-refractivity contribution is 0.623. The van der Waals surface area contributed by atoms with Gasteiger partial charge in [0.05, 0.1) is 5.02 Å². The molecule has 0 saturated heterocycles. The Morgan fingerprint density at radius 2 is 1.92 bits per heavy atom. The molecule has 0 amide bonds. The maximum Gasteiger partial charge on any atom is 0.142 e. The van der Waals surface area contributed by atoms with Crippen molar-refractivity contribution in [3.05, 3.63) is 33.6 Å². The van der Waals surface area contributed by atoms with Crippen LogP contribution in [0, 0.1) is 5.82 Å². The molecule has 0 spiro atoms. The molecule has 0 heterocycles. The van der Waals surface area contributed by atoms with Gasteiger partial charge in [0.15, 0.2) is 0 Å². The van der Waals surface area contributed by atoms with Crippen LogP contribution in [0.25, 0.3) is 0 Å². The normalized spacial score (nSPS) is 13.1. The zero-order valence-corrected chi connectivity index (χ0v) is 7.96. The van der Waals surface area contributed by atoms with Crippen molar-refractivity contribution < 1.29 is 4.39 Å². The Bertz CT molecular complexity index is 299. The molecule has 0 aliphatic heterocycles. The minimum Gasteiger partial charge on any atom is -0.324 e. The van der Waals surface area contributed by atoms with Crippen LogP contribution in [0.1, 0.15) is 18.5 Å². The molecular weight excluding hydrogens is 200 g/mol. The fraction of sp³-hybridized carbons (Fsp3) is 0.250. The van der Waals surface area contributed by atoms with E-state index < -0.39 is 5.82 Å². The third-order valence-electron chi connectivity index (χ3n) is 1.53. The maximum absolute atomic E-state index is 12.9. The fourth-order valence-electron chi connectivity index (χ4n) is 0.887. The molecule has 0 radical (unpaired) electrons. The summed E-state index contributed by atoms with van der Waals surface area (Å²) in [5.74, 6) is -0.492. The van der Waals surface area contributed by atoms with E-state index in [1.165, 1.54) is 12.1 Å². The van der Waals surface area contributed by atoms with E-state index in [-0.39, 0.29) is 11.1 Å². The maximum atomic E-state index is 12.9. The molecule has 1 rings (SSSR count). The predicted molar refractivity (Wildman–Crippen MR) is 49.0 cm³/mol. The predicted octanol–water partition coefficient (Wildman–Crippen LogP) is 3.15. The highest BCUT2D eigenvalue weighted by atomic mass is 35.5. The van der Waals surface area contributed by atoms with Gasteiger partial charge >= 0.3 is 0 Å². The molecule has 0 unspecified atom stereocenters. The van der Waals surface area contributed by atoms with Crippen molar-refractivity contribution in [2.24, 2.45) is 5.73 Å². The lowest BCUT2D eigenvalue weighted by atomic mass is 10.1. The van der Waals surface area contributed by atoms with Gasteiger partial charge in [-0.05, 0) is 24.6 Å². The van der Waals surface area contributed by atoms with Crippen molar-refractivity contribution in [1.82, 2.24) is 0 Å². The first-order chi connectivity index (χ1) is 5.52. The van der Waals surface area contributed by atoms with Crippen molar-refractivity contribution in [3.63, 3.8) is 0 Å². The van der Waals surface area contributed by atoms with Gasteiger partial charge in [0.25, 0.3) is 0 Å². The molecule has 2 N–H and O–H groups in total. The molecule has 1 atom stereocenters. The standard InChI is InChI=1S/C8H8Cl2FN/c1-4(12)5-2-8(11)7(10)3-6(5)9/h2-4H,12H2,1H3/t4-/m0/s1. The summed E-state index contributed by atoms with van der Waals surface area (Å²) in [6, 6.07) is 2.33. The minimum absolute atomic E-state index is 0.0180. The summed E-state index contributed by atoms with van der Waals surface area (Å²) >= 11 is 11.3. The van der Waals surface area contributed by atoms with Gasteiger partial charge in [-0.1, -0.05) is 23.2 Å². The highest BCUT2D eigenvalue weighted by Gasteiger charge is 2.09. The molecule has 12 heavy (non-hydrogen) atoms. The van der Waals surface area contributed by atoms with Crippen LogP contribution in [-0.4, -0.2) is 0 Å². The SMILES string of the molecule is C[C@H](N)c1cc(F)c(Cl)cc1Cl. The van der Waals surface area contributed by atoms with Gasteiger partial charge in [-0.3, -0.25) is 0 Å². The van der Waals surface area contributed by atoms with Crippen LogP contribution >= 0.6 is 23.2 Å². The van der Waals surface area contributed by atoms with Gasteiger partial charge in [0.2, 0.25) is 0 Å². The van der Waals surface area contributed by atoms with Crippen LogP contribution in [0.4, 0.5) is 4.39 Å². The lowest BCUT2D eigenvalue weighted by Gasteiger charge is -2.08. The van der Waals surface area contributed by atoms with Crippen LogP contribution in [-0.2, 0) is 0 Å². The van der Waals surface area contributed by atoms with Crippen LogP contribution in [0.5, 0.6) is 0 Å². The number of halogens is 3. The van der Waals surface area contributed by atoms with E-state index in [0.29, 0.717) is 10.6 Å². The van der Waals surface area contributed by atoms with Gasteiger partial charge in [0.1, 0.15) is 5.82 Å². The lowest BCUT2D eigenvalue weighted by Crippen LogP contribution is -2.06. The van der Waals surface area contributed by atoms with E-state index in [0.717, 1.165) is 0 Å². The molecule has 0 saturated carbocycles. The molecule has 0 fully saturated rings. The molecule has 1 aromatic carbocycles. The van der Waals surface area contributed by atoms with Crippen molar-refractivity contribution in [3.8, 4) is 0 Å². The van der Waals surface area contributed by atoms with E-state index >= 15 is 0 Å². The molecular formula is C8H8Cl2FN. The summed E-state index contributed by atoms with van der Waals surface area (Å²) in [5, 5.41) is 0.417. The Balaban J connectivity index is 3.23. The van der Waals surface area contributed by atoms with Gasteiger partial charge in [0, 0.05) is 11.1 Å². The summed E-state index contributed by atoms with van der Waals surface area (Å²) in [6.45, 7) is 1.73. The smallest absolute Gasteiger partial charge is 0.142 e. The van der Waals surface area contributed by atoms with Crippen molar-refractivity contribution in [1.29, 1.82) is 0 Å². The largest absolute Gasteiger partial charge is 0.324 e. The molecule has 4 heteroatoms. The Hall–Kier alpha value is -0.310. The molecule has 66 valence electrons. The first-order valence-corrected chi connectivity index (χ1v) is 4.18. The Labute approximate surface area is 80.3 Å². The van der Waals surface area contributed by atoms with Crippen molar-refractivity contribution in [2.45, 2.75) is 13.0 Å². The Kier molecular flexibility index (Phi) is 2.94. The van der Waals surface area contributed by atoms with E-state index in [9.17, 15) is 4.39 Å². The summed E-state index contributed by atoms with van der Waals surface area (Å²) in [5.41, 5.74) is 6.11. The molecule has 1 aromatic rings. The summed E-state index contributed by atoms with van der Waals surface area (Å²) < 4.78 is 12.9. The average Bonchev–Trinajstić information content (AvgIpc) is 1.96. The first-order valence-electron chi connectivity index (χ1n) is 3.42. The van der Waals surface area contributed by atoms with Gasteiger partial charge in [-0.25, -0.2) is 4.39 Å². The second kappa shape index (κ2) is 3.60. The number of rotatable bonds is 1. The highest BCUT2D eigenvalue weighted by Crippen LogP contribution is 2.27. The summed E-state index contributed by atoms with van der Waals surface area (Å²) in [4.78, 5) is 0. The Morgan fingerprint density at radius 1 is 1.33 bits per heavy atom. The third-order valence-corrected chi connectivity index (χ3v) is 2.15. The van der Waals surface area contributed by atoms with E-state index in [4.69, 9.17) is 28.9 Å². The van der Waals surface area contributed by atoms with E-state index in [2.05, 4.69) is 0 Å². The molecule has 0 bridgehead atoms. The van der Waals surface area contributed by atoms with Crippen molar-refractivity contribution >= 4 is 23.2 Å². The number of nitrogens with two attached hydrogens (primary N) is 1. The first kappa shape index (κ1) is 9.78. The number of benzene rings is 1. The highest BCUT2D eigenvalue weighted by molar-refractivity contribution is 6.35.